The summed E-state index contributed by atoms with van der Waals surface area (Å²) in [5, 5.41) is 0. The van der Waals surface area contributed by atoms with Crippen molar-refractivity contribution in [1.29, 1.82) is 0 Å². The number of unbranched alkanes of at least 4 members (excludes halogenated alkanes) is 1. The number of hydrogen-bond acceptors (Lipinski definition) is 1. The molecule has 1 aliphatic heterocycles. The summed E-state index contributed by atoms with van der Waals surface area (Å²) in [6.45, 7) is 2.22. The molecule has 1 heterocycles. The molecule has 2 rings (SSSR count). The molecule has 0 atom stereocenters. The first-order chi connectivity index (χ1) is 6.42. The van der Waals surface area contributed by atoms with Gasteiger partial charge in [0.1, 0.15) is 0 Å². The summed E-state index contributed by atoms with van der Waals surface area (Å²) in [5.74, 6) is 0. The Bertz CT molecular complexity index is 348. The van der Waals surface area contributed by atoms with Crippen LogP contribution in [0.15, 0.2) is 35.1 Å². The molecule has 0 aromatic rings. The fourth-order valence-corrected chi connectivity index (χ4v) is 1.65. The second-order valence-electron chi connectivity index (χ2n) is 3.39. The third-order valence-corrected chi connectivity index (χ3v) is 2.43. The lowest BCUT2D eigenvalue weighted by atomic mass is 10.1. The summed E-state index contributed by atoms with van der Waals surface area (Å²) in [6.07, 6.45) is 7.25. The van der Waals surface area contributed by atoms with Gasteiger partial charge in [-0.2, -0.15) is 0 Å². The van der Waals surface area contributed by atoms with Crippen molar-refractivity contribution in [2.45, 2.75) is 26.2 Å². The molecule has 0 saturated heterocycles. The van der Waals surface area contributed by atoms with Gasteiger partial charge in [-0.15, -0.1) is 0 Å². The van der Waals surface area contributed by atoms with E-state index in [1.54, 1.807) is 6.26 Å². The van der Waals surface area contributed by atoms with Crippen molar-refractivity contribution in [3.8, 4) is 11.1 Å². The van der Waals surface area contributed by atoms with Gasteiger partial charge in [0.2, 0.25) is 0 Å². The fraction of sp³-hybridized carbons (Fsp3) is 0.333. The molecule has 0 N–H and O–H groups in total. The first-order valence-electron chi connectivity index (χ1n) is 4.85. The highest BCUT2D eigenvalue weighted by Crippen LogP contribution is 2.28. The van der Waals surface area contributed by atoms with Crippen LogP contribution in [0.25, 0.3) is 11.1 Å². The molecule has 0 aromatic heterocycles. The molecule has 1 aliphatic carbocycles. The normalized spacial score (nSPS) is 10.8. The minimum Gasteiger partial charge on any atom is -0.472 e. The molecule has 0 amide bonds. The van der Waals surface area contributed by atoms with Crippen LogP contribution in [0, 0.1) is 0 Å². The standard InChI is InChI=1S/C12H14O/c1-2-3-4-10-5-6-11-7-8-13-9-12(10)11/h5-9H,2-4H2,1H3. The smallest absolute Gasteiger partial charge is 0.0982 e. The van der Waals surface area contributed by atoms with Crippen LogP contribution in [0.2, 0.25) is 0 Å². The van der Waals surface area contributed by atoms with Crippen LogP contribution in [0.1, 0.15) is 25.3 Å². The third kappa shape index (κ3) is 1.59. The number of rotatable bonds is 3. The molecule has 0 saturated carbocycles. The van der Waals surface area contributed by atoms with E-state index in [2.05, 4.69) is 19.1 Å². The zero-order valence-electron chi connectivity index (χ0n) is 7.92. The molecule has 0 aromatic carbocycles. The Labute approximate surface area is 78.7 Å². The highest BCUT2D eigenvalue weighted by atomic mass is 16.3. The van der Waals surface area contributed by atoms with Crippen molar-refractivity contribution in [3.63, 3.8) is 0 Å². The zero-order chi connectivity index (χ0) is 9.10. The van der Waals surface area contributed by atoms with E-state index in [1.807, 2.05) is 12.3 Å². The molecule has 0 bridgehead atoms. The average Bonchev–Trinajstić information content (AvgIpc) is 2.58. The van der Waals surface area contributed by atoms with Crippen LogP contribution in [0.4, 0.5) is 0 Å². The largest absolute Gasteiger partial charge is 0.472 e. The topological polar surface area (TPSA) is 13.1 Å². The summed E-state index contributed by atoms with van der Waals surface area (Å²) < 4.78 is 5.17. The van der Waals surface area contributed by atoms with Gasteiger partial charge < -0.3 is 4.42 Å². The molecule has 0 spiro atoms. The van der Waals surface area contributed by atoms with Gasteiger partial charge in [0.05, 0.1) is 12.5 Å². The SMILES string of the molecule is CCCCc1ccc2ccocc1-2. The molecule has 13 heavy (non-hydrogen) atoms. The number of aryl methyl sites for hydroxylation is 1. The zero-order valence-corrected chi connectivity index (χ0v) is 7.92. The molecule has 68 valence electrons. The number of fused-ring (bicyclic) bond motifs is 1. The maximum atomic E-state index is 5.17. The Kier molecular flexibility index (Phi) is 2.35. The summed E-state index contributed by atoms with van der Waals surface area (Å²) in [6, 6.07) is 6.39. The van der Waals surface area contributed by atoms with Crippen molar-refractivity contribution in [3.05, 3.63) is 36.3 Å². The number of hydrogen-bond donors (Lipinski definition) is 0. The first kappa shape index (κ1) is 8.36. The van der Waals surface area contributed by atoms with Gasteiger partial charge in [-0.05, 0) is 30.0 Å². The van der Waals surface area contributed by atoms with E-state index in [0.717, 1.165) is 0 Å². The van der Waals surface area contributed by atoms with Gasteiger partial charge in [0.25, 0.3) is 0 Å². The molecular weight excluding hydrogens is 160 g/mol. The van der Waals surface area contributed by atoms with Crippen molar-refractivity contribution in [2.75, 3.05) is 0 Å². The molecule has 1 nitrogen and oxygen atoms in total. The summed E-state index contributed by atoms with van der Waals surface area (Å²) >= 11 is 0. The van der Waals surface area contributed by atoms with E-state index in [-0.39, 0.29) is 0 Å². The summed E-state index contributed by atoms with van der Waals surface area (Å²) in [7, 11) is 0. The van der Waals surface area contributed by atoms with Crippen LogP contribution < -0.4 is 0 Å². The Morgan fingerprint density at radius 2 is 2.15 bits per heavy atom. The second-order valence-corrected chi connectivity index (χ2v) is 3.39. The van der Waals surface area contributed by atoms with Crippen LogP contribution in [0.3, 0.4) is 0 Å². The van der Waals surface area contributed by atoms with Crippen LogP contribution in [-0.2, 0) is 6.42 Å². The van der Waals surface area contributed by atoms with E-state index < -0.39 is 0 Å². The van der Waals surface area contributed by atoms with Crippen LogP contribution in [-0.4, -0.2) is 0 Å². The highest BCUT2D eigenvalue weighted by molar-refractivity contribution is 5.69. The summed E-state index contributed by atoms with van der Waals surface area (Å²) in [4.78, 5) is 0. The predicted molar refractivity (Wildman–Crippen MR) is 53.9 cm³/mol. The minimum atomic E-state index is 1.17. The van der Waals surface area contributed by atoms with Crippen molar-refractivity contribution < 1.29 is 4.42 Å². The van der Waals surface area contributed by atoms with E-state index >= 15 is 0 Å². The van der Waals surface area contributed by atoms with E-state index in [0.29, 0.717) is 0 Å². The van der Waals surface area contributed by atoms with Gasteiger partial charge >= 0.3 is 0 Å². The monoisotopic (exact) mass is 174 g/mol. The van der Waals surface area contributed by atoms with E-state index in [1.165, 1.54) is 36.0 Å². The van der Waals surface area contributed by atoms with Crippen molar-refractivity contribution in [1.82, 2.24) is 0 Å². The van der Waals surface area contributed by atoms with Crippen LogP contribution in [0.5, 0.6) is 0 Å². The lowest BCUT2D eigenvalue weighted by Gasteiger charge is -2.01. The lowest BCUT2D eigenvalue weighted by Crippen LogP contribution is -1.83. The average molecular weight is 174 g/mol. The Balaban J connectivity index is 2.27. The van der Waals surface area contributed by atoms with Gasteiger partial charge in [0.15, 0.2) is 0 Å². The van der Waals surface area contributed by atoms with Gasteiger partial charge in [-0.1, -0.05) is 25.5 Å². The highest BCUT2D eigenvalue weighted by Gasteiger charge is 2.07. The second kappa shape index (κ2) is 3.65. The summed E-state index contributed by atoms with van der Waals surface area (Å²) in [5.41, 5.74) is 3.98. The molecule has 0 radical (unpaired) electrons. The van der Waals surface area contributed by atoms with Crippen LogP contribution >= 0.6 is 0 Å². The van der Waals surface area contributed by atoms with Gasteiger partial charge in [-0.25, -0.2) is 0 Å². The Morgan fingerprint density at radius 3 is 3.00 bits per heavy atom. The van der Waals surface area contributed by atoms with Crippen molar-refractivity contribution in [2.24, 2.45) is 0 Å². The van der Waals surface area contributed by atoms with Gasteiger partial charge in [0, 0.05) is 5.56 Å². The molecular formula is C12H14O. The molecule has 0 unspecified atom stereocenters. The molecule has 2 aliphatic rings. The Hall–Kier alpha value is -1.24. The Morgan fingerprint density at radius 1 is 1.23 bits per heavy atom. The fourth-order valence-electron chi connectivity index (χ4n) is 1.65. The molecule has 0 fully saturated rings. The van der Waals surface area contributed by atoms with Gasteiger partial charge in [-0.3, -0.25) is 0 Å². The van der Waals surface area contributed by atoms with E-state index in [4.69, 9.17) is 4.42 Å². The third-order valence-electron chi connectivity index (χ3n) is 2.43. The van der Waals surface area contributed by atoms with E-state index in [9.17, 15) is 0 Å². The maximum Gasteiger partial charge on any atom is 0.0982 e. The van der Waals surface area contributed by atoms with Crippen molar-refractivity contribution >= 4 is 0 Å². The lowest BCUT2D eigenvalue weighted by molar-refractivity contribution is 0.551. The minimum absolute atomic E-state index is 1.17. The maximum absolute atomic E-state index is 5.17. The first-order valence-corrected chi connectivity index (χ1v) is 4.85. The quantitative estimate of drug-likeness (QED) is 0.691. The molecule has 1 heteroatoms. The predicted octanol–water partition coefficient (Wildman–Crippen LogP) is 3.73.